The third kappa shape index (κ3) is 8.94. The van der Waals surface area contributed by atoms with E-state index in [2.05, 4.69) is 37.8 Å². The maximum Gasteiger partial charge on any atom is 0.140 e. The summed E-state index contributed by atoms with van der Waals surface area (Å²) in [5.74, 6) is 0.846. The van der Waals surface area contributed by atoms with Crippen LogP contribution in [0.5, 0.6) is 0 Å². The number of amidine groups is 1. The number of hydrogen-bond acceptors (Lipinski definition) is 4. The fourth-order valence-corrected chi connectivity index (χ4v) is 1.44. The quantitative estimate of drug-likeness (QED) is 0.212. The van der Waals surface area contributed by atoms with Crippen molar-refractivity contribution in [2.75, 3.05) is 26.3 Å². The van der Waals surface area contributed by atoms with Crippen LogP contribution in [-0.4, -0.2) is 48.3 Å². The maximum absolute atomic E-state index is 8.48. The normalized spacial score (nSPS) is 13.0. The van der Waals surface area contributed by atoms with Gasteiger partial charge < -0.3 is 15.7 Å². The minimum absolute atomic E-state index is 0.277. The van der Waals surface area contributed by atoms with Crippen LogP contribution in [0.1, 0.15) is 34.1 Å². The van der Waals surface area contributed by atoms with E-state index in [0.717, 1.165) is 26.3 Å². The molecule has 0 unspecified atom stereocenters. The van der Waals surface area contributed by atoms with Crippen molar-refractivity contribution in [1.82, 2.24) is 4.90 Å². The second-order valence-corrected chi connectivity index (χ2v) is 4.94. The van der Waals surface area contributed by atoms with Crippen LogP contribution in [0.15, 0.2) is 5.16 Å². The largest absolute Gasteiger partial charge is 0.409 e. The van der Waals surface area contributed by atoms with Gasteiger partial charge in [0.15, 0.2) is 0 Å². The van der Waals surface area contributed by atoms with Crippen LogP contribution in [0.25, 0.3) is 0 Å². The summed E-state index contributed by atoms with van der Waals surface area (Å²) in [6, 6.07) is 0.434. The molecule has 0 atom stereocenters. The van der Waals surface area contributed by atoms with Gasteiger partial charge >= 0.3 is 0 Å². The average Bonchev–Trinajstić information content (AvgIpc) is 2.26. The van der Waals surface area contributed by atoms with Gasteiger partial charge in [-0.25, -0.2) is 0 Å². The standard InChI is InChI=1S/C12H27N3O2/c1-10(2)9-17-8-7-15(11(3)4)6-5-12(13)14-16/h10-11,16H,5-9H2,1-4H3,(H2,13,14). The van der Waals surface area contributed by atoms with Crippen LogP contribution in [0.3, 0.4) is 0 Å². The van der Waals surface area contributed by atoms with Crippen molar-refractivity contribution < 1.29 is 9.94 Å². The molecule has 0 aliphatic heterocycles. The molecule has 17 heavy (non-hydrogen) atoms. The van der Waals surface area contributed by atoms with Gasteiger partial charge in [0, 0.05) is 32.2 Å². The number of nitrogens with zero attached hydrogens (tertiary/aromatic N) is 2. The summed E-state index contributed by atoms with van der Waals surface area (Å²) < 4.78 is 5.56. The highest BCUT2D eigenvalue weighted by atomic mass is 16.5. The van der Waals surface area contributed by atoms with Crippen molar-refractivity contribution in [1.29, 1.82) is 0 Å². The summed E-state index contributed by atoms with van der Waals surface area (Å²) >= 11 is 0. The molecule has 0 aromatic heterocycles. The molecule has 0 heterocycles. The number of oxime groups is 1. The Labute approximate surface area is 105 Å². The van der Waals surface area contributed by atoms with E-state index in [1.165, 1.54) is 0 Å². The van der Waals surface area contributed by atoms with Crippen LogP contribution in [0, 0.1) is 5.92 Å². The summed E-state index contributed by atoms with van der Waals surface area (Å²) in [7, 11) is 0. The number of nitrogens with two attached hydrogens (primary N) is 1. The van der Waals surface area contributed by atoms with Gasteiger partial charge in [0.2, 0.25) is 0 Å². The molecule has 0 rings (SSSR count). The Kier molecular flexibility index (Phi) is 8.80. The summed E-state index contributed by atoms with van der Waals surface area (Å²) in [5, 5.41) is 11.5. The number of hydrogen-bond donors (Lipinski definition) is 2. The highest BCUT2D eigenvalue weighted by Crippen LogP contribution is 2.00. The fourth-order valence-electron chi connectivity index (χ4n) is 1.44. The average molecular weight is 245 g/mol. The molecule has 5 heteroatoms. The minimum atomic E-state index is 0.277. The molecule has 0 radical (unpaired) electrons. The third-order valence-corrected chi connectivity index (χ3v) is 2.49. The van der Waals surface area contributed by atoms with Crippen molar-refractivity contribution in [2.24, 2.45) is 16.8 Å². The third-order valence-electron chi connectivity index (χ3n) is 2.49. The zero-order chi connectivity index (χ0) is 13.3. The summed E-state index contributed by atoms with van der Waals surface area (Å²) in [6.07, 6.45) is 0.582. The maximum atomic E-state index is 8.48. The molecule has 5 nitrogen and oxygen atoms in total. The van der Waals surface area contributed by atoms with Crippen molar-refractivity contribution in [2.45, 2.75) is 40.2 Å². The number of rotatable bonds is 9. The summed E-state index contributed by atoms with van der Waals surface area (Å²) in [5.41, 5.74) is 5.46. The van der Waals surface area contributed by atoms with E-state index in [-0.39, 0.29) is 5.84 Å². The lowest BCUT2D eigenvalue weighted by atomic mass is 10.2. The number of ether oxygens (including phenoxy) is 1. The highest BCUT2D eigenvalue weighted by Gasteiger charge is 2.10. The topological polar surface area (TPSA) is 71.1 Å². The zero-order valence-corrected chi connectivity index (χ0v) is 11.5. The Balaban J connectivity index is 3.83. The van der Waals surface area contributed by atoms with Crippen LogP contribution in [0.2, 0.25) is 0 Å². The molecule has 0 aromatic carbocycles. The van der Waals surface area contributed by atoms with Gasteiger partial charge in [-0.3, -0.25) is 4.90 Å². The lowest BCUT2D eigenvalue weighted by Gasteiger charge is -2.26. The first kappa shape index (κ1) is 16.2. The van der Waals surface area contributed by atoms with Crippen molar-refractivity contribution in [3.8, 4) is 0 Å². The van der Waals surface area contributed by atoms with E-state index < -0.39 is 0 Å². The molecule has 0 aromatic rings. The predicted molar refractivity (Wildman–Crippen MR) is 70.4 cm³/mol. The van der Waals surface area contributed by atoms with Gasteiger partial charge in [0.25, 0.3) is 0 Å². The Morgan fingerprint density at radius 1 is 1.29 bits per heavy atom. The Morgan fingerprint density at radius 2 is 1.94 bits per heavy atom. The van der Waals surface area contributed by atoms with Crippen LogP contribution < -0.4 is 5.73 Å². The molecular formula is C12H27N3O2. The summed E-state index contributed by atoms with van der Waals surface area (Å²) in [6.45, 7) is 11.7. The Morgan fingerprint density at radius 3 is 2.41 bits per heavy atom. The van der Waals surface area contributed by atoms with E-state index in [9.17, 15) is 0 Å². The Hall–Kier alpha value is -0.810. The first-order valence-corrected chi connectivity index (χ1v) is 6.25. The Bertz CT molecular complexity index is 218. The predicted octanol–water partition coefficient (Wildman–Crippen LogP) is 1.51. The van der Waals surface area contributed by atoms with Gasteiger partial charge in [-0.1, -0.05) is 19.0 Å². The lowest BCUT2D eigenvalue weighted by Crippen LogP contribution is -2.36. The van der Waals surface area contributed by atoms with Gasteiger partial charge in [-0.2, -0.15) is 0 Å². The van der Waals surface area contributed by atoms with Crippen LogP contribution >= 0.6 is 0 Å². The van der Waals surface area contributed by atoms with E-state index >= 15 is 0 Å². The van der Waals surface area contributed by atoms with Gasteiger partial charge in [-0.15, -0.1) is 0 Å². The summed E-state index contributed by atoms with van der Waals surface area (Å²) in [4.78, 5) is 2.26. The van der Waals surface area contributed by atoms with Crippen molar-refractivity contribution >= 4 is 5.84 Å². The van der Waals surface area contributed by atoms with Gasteiger partial charge in [0.1, 0.15) is 5.84 Å². The van der Waals surface area contributed by atoms with Gasteiger partial charge in [0.05, 0.1) is 6.61 Å². The molecule has 0 fully saturated rings. The van der Waals surface area contributed by atoms with E-state index in [1.54, 1.807) is 0 Å². The zero-order valence-electron chi connectivity index (χ0n) is 11.5. The van der Waals surface area contributed by atoms with E-state index in [4.69, 9.17) is 15.7 Å². The van der Waals surface area contributed by atoms with Crippen molar-refractivity contribution in [3.05, 3.63) is 0 Å². The molecular weight excluding hydrogens is 218 g/mol. The molecule has 0 amide bonds. The first-order valence-electron chi connectivity index (χ1n) is 6.25. The van der Waals surface area contributed by atoms with E-state index in [0.29, 0.717) is 18.4 Å². The van der Waals surface area contributed by atoms with E-state index in [1.807, 2.05) is 0 Å². The lowest BCUT2D eigenvalue weighted by molar-refractivity contribution is 0.0776. The molecule has 0 bridgehead atoms. The molecule has 0 spiro atoms. The van der Waals surface area contributed by atoms with Crippen molar-refractivity contribution in [3.63, 3.8) is 0 Å². The molecule has 0 saturated heterocycles. The highest BCUT2D eigenvalue weighted by molar-refractivity contribution is 5.79. The first-order chi connectivity index (χ1) is 7.97. The van der Waals surface area contributed by atoms with Crippen LogP contribution in [-0.2, 0) is 4.74 Å². The monoisotopic (exact) mass is 245 g/mol. The molecule has 3 N–H and O–H groups in total. The molecule has 0 aliphatic carbocycles. The smallest absolute Gasteiger partial charge is 0.140 e. The second kappa shape index (κ2) is 9.24. The molecule has 0 saturated carbocycles. The molecule has 102 valence electrons. The van der Waals surface area contributed by atoms with Crippen LogP contribution in [0.4, 0.5) is 0 Å². The van der Waals surface area contributed by atoms with Gasteiger partial charge in [-0.05, 0) is 19.8 Å². The fraction of sp³-hybridized carbons (Fsp3) is 0.917. The molecule has 0 aliphatic rings. The minimum Gasteiger partial charge on any atom is -0.409 e. The SMILES string of the molecule is CC(C)COCCN(CCC(N)=NO)C(C)C. The second-order valence-electron chi connectivity index (χ2n) is 4.94.